The van der Waals surface area contributed by atoms with Crippen molar-refractivity contribution in [3.05, 3.63) is 39.9 Å². The van der Waals surface area contributed by atoms with E-state index in [9.17, 15) is 0 Å². The summed E-state index contributed by atoms with van der Waals surface area (Å²) in [5.41, 5.74) is 2.13. The fraction of sp³-hybridized carbons (Fsp3) is 0.231. The Hall–Kier alpha value is -1.17. The molecule has 1 aromatic heterocycles. The molecular weight excluding hydrogens is 298 g/mol. The number of hydrogen-bond donors (Lipinski definition) is 2. The van der Waals surface area contributed by atoms with Gasteiger partial charge in [-0.3, -0.25) is 0 Å². The molecule has 0 aliphatic heterocycles. The van der Waals surface area contributed by atoms with Crippen LogP contribution in [0.25, 0.3) is 0 Å². The van der Waals surface area contributed by atoms with Crippen molar-refractivity contribution in [2.75, 3.05) is 10.6 Å². The molecule has 1 heterocycles. The van der Waals surface area contributed by atoms with Crippen molar-refractivity contribution in [3.63, 3.8) is 0 Å². The SMILES string of the molecule is S=C(Nc1ccc(Cl)cc1)Nc1nc2c(s1)CCC2. The molecule has 0 spiro atoms. The lowest BCUT2D eigenvalue weighted by molar-refractivity contribution is 0.900. The first-order valence-electron chi connectivity index (χ1n) is 6.03. The minimum Gasteiger partial charge on any atom is -0.332 e. The molecule has 0 fully saturated rings. The van der Waals surface area contributed by atoms with E-state index in [0.717, 1.165) is 23.7 Å². The molecule has 98 valence electrons. The van der Waals surface area contributed by atoms with E-state index in [2.05, 4.69) is 15.6 Å². The highest BCUT2D eigenvalue weighted by Crippen LogP contribution is 2.30. The average molecular weight is 310 g/mol. The van der Waals surface area contributed by atoms with Gasteiger partial charge in [0.2, 0.25) is 0 Å². The number of rotatable bonds is 2. The summed E-state index contributed by atoms with van der Waals surface area (Å²) in [6, 6.07) is 7.42. The van der Waals surface area contributed by atoms with Gasteiger partial charge in [-0.1, -0.05) is 11.6 Å². The molecule has 0 atom stereocenters. The van der Waals surface area contributed by atoms with Crippen molar-refractivity contribution in [3.8, 4) is 0 Å². The number of benzene rings is 1. The van der Waals surface area contributed by atoms with Crippen molar-refractivity contribution in [2.45, 2.75) is 19.3 Å². The number of nitrogens with one attached hydrogen (secondary N) is 2. The van der Waals surface area contributed by atoms with Gasteiger partial charge >= 0.3 is 0 Å². The number of fused-ring (bicyclic) bond motifs is 1. The number of aryl methyl sites for hydroxylation is 2. The van der Waals surface area contributed by atoms with Crippen LogP contribution in [0.3, 0.4) is 0 Å². The first-order valence-corrected chi connectivity index (χ1v) is 7.63. The summed E-state index contributed by atoms with van der Waals surface area (Å²) >= 11 is 12.8. The molecular formula is C13H12ClN3S2. The van der Waals surface area contributed by atoms with Crippen LogP contribution in [0.15, 0.2) is 24.3 Å². The Balaban J connectivity index is 1.63. The van der Waals surface area contributed by atoms with Crippen LogP contribution >= 0.6 is 35.2 Å². The maximum Gasteiger partial charge on any atom is 0.189 e. The quantitative estimate of drug-likeness (QED) is 0.819. The number of halogens is 1. The summed E-state index contributed by atoms with van der Waals surface area (Å²) in [4.78, 5) is 5.93. The van der Waals surface area contributed by atoms with Gasteiger partial charge < -0.3 is 10.6 Å². The number of anilines is 2. The summed E-state index contributed by atoms with van der Waals surface area (Å²) in [5, 5.41) is 8.37. The van der Waals surface area contributed by atoms with E-state index in [1.165, 1.54) is 17.0 Å². The van der Waals surface area contributed by atoms with Crippen LogP contribution in [-0.4, -0.2) is 10.1 Å². The number of thiazole rings is 1. The van der Waals surface area contributed by atoms with Crippen molar-refractivity contribution < 1.29 is 0 Å². The highest BCUT2D eigenvalue weighted by Gasteiger charge is 2.16. The van der Waals surface area contributed by atoms with Crippen molar-refractivity contribution >= 4 is 51.1 Å². The third-order valence-electron chi connectivity index (χ3n) is 2.92. The number of hydrogen-bond acceptors (Lipinski definition) is 3. The highest BCUT2D eigenvalue weighted by molar-refractivity contribution is 7.80. The number of nitrogens with zero attached hydrogens (tertiary/aromatic N) is 1. The van der Waals surface area contributed by atoms with Crippen LogP contribution in [0.1, 0.15) is 17.0 Å². The van der Waals surface area contributed by atoms with Gasteiger partial charge in [0.15, 0.2) is 10.2 Å². The predicted octanol–water partition coefficient (Wildman–Crippen LogP) is 4.09. The zero-order valence-corrected chi connectivity index (χ0v) is 12.5. The minimum absolute atomic E-state index is 0.551. The van der Waals surface area contributed by atoms with E-state index >= 15 is 0 Å². The molecule has 3 rings (SSSR count). The lowest BCUT2D eigenvalue weighted by Crippen LogP contribution is -2.18. The third-order valence-corrected chi connectivity index (χ3v) is 4.45. The van der Waals surface area contributed by atoms with E-state index in [0.29, 0.717) is 10.1 Å². The van der Waals surface area contributed by atoms with E-state index in [4.69, 9.17) is 23.8 Å². The van der Waals surface area contributed by atoms with Crippen LogP contribution < -0.4 is 10.6 Å². The molecule has 19 heavy (non-hydrogen) atoms. The Morgan fingerprint density at radius 1 is 1.21 bits per heavy atom. The molecule has 2 N–H and O–H groups in total. The molecule has 1 aromatic carbocycles. The highest BCUT2D eigenvalue weighted by atomic mass is 35.5. The van der Waals surface area contributed by atoms with E-state index in [1.54, 1.807) is 11.3 Å². The maximum atomic E-state index is 5.84. The van der Waals surface area contributed by atoms with Gasteiger partial charge in [-0.05, 0) is 55.7 Å². The molecule has 0 unspecified atom stereocenters. The van der Waals surface area contributed by atoms with Crippen molar-refractivity contribution in [1.82, 2.24) is 4.98 Å². The Bertz CT molecular complexity index is 585. The minimum atomic E-state index is 0.551. The van der Waals surface area contributed by atoms with E-state index in [1.807, 2.05) is 24.3 Å². The third kappa shape index (κ3) is 3.05. The van der Waals surface area contributed by atoms with Gasteiger partial charge in [-0.15, -0.1) is 11.3 Å². The van der Waals surface area contributed by atoms with Crippen LogP contribution in [-0.2, 0) is 12.8 Å². The van der Waals surface area contributed by atoms with Gasteiger partial charge in [0.05, 0.1) is 5.69 Å². The second-order valence-electron chi connectivity index (χ2n) is 4.33. The molecule has 6 heteroatoms. The smallest absolute Gasteiger partial charge is 0.189 e. The molecule has 3 nitrogen and oxygen atoms in total. The van der Waals surface area contributed by atoms with Gasteiger partial charge in [0.25, 0.3) is 0 Å². The second kappa shape index (κ2) is 5.45. The normalized spacial score (nSPS) is 13.1. The van der Waals surface area contributed by atoms with E-state index in [-0.39, 0.29) is 0 Å². The Kier molecular flexibility index (Phi) is 3.68. The van der Waals surface area contributed by atoms with Crippen LogP contribution in [0.2, 0.25) is 5.02 Å². The van der Waals surface area contributed by atoms with Gasteiger partial charge in [0, 0.05) is 15.6 Å². The fourth-order valence-electron chi connectivity index (χ4n) is 2.04. The zero-order chi connectivity index (χ0) is 13.2. The predicted molar refractivity (Wildman–Crippen MR) is 85.4 cm³/mol. The Labute approximate surface area is 126 Å². The molecule has 0 bridgehead atoms. The topological polar surface area (TPSA) is 37.0 Å². The molecule has 1 aliphatic rings. The van der Waals surface area contributed by atoms with Gasteiger partial charge in [-0.25, -0.2) is 4.98 Å². The zero-order valence-electron chi connectivity index (χ0n) is 10.1. The van der Waals surface area contributed by atoms with Crippen LogP contribution in [0.4, 0.5) is 10.8 Å². The summed E-state index contributed by atoms with van der Waals surface area (Å²) < 4.78 is 0. The summed E-state index contributed by atoms with van der Waals surface area (Å²) in [7, 11) is 0. The summed E-state index contributed by atoms with van der Waals surface area (Å²) in [6.07, 6.45) is 3.46. The number of thiocarbonyl (C=S) groups is 1. The Morgan fingerprint density at radius 3 is 2.74 bits per heavy atom. The molecule has 1 aliphatic carbocycles. The molecule has 2 aromatic rings. The standard InChI is InChI=1S/C13H12ClN3S2/c14-8-4-6-9(7-5-8)15-12(18)17-13-16-10-2-1-3-11(10)19-13/h4-7H,1-3H2,(H2,15,16,17,18). The summed E-state index contributed by atoms with van der Waals surface area (Å²) in [5.74, 6) is 0. The largest absolute Gasteiger partial charge is 0.332 e. The molecule has 0 saturated carbocycles. The first-order chi connectivity index (χ1) is 9.20. The monoisotopic (exact) mass is 309 g/mol. The lowest BCUT2D eigenvalue weighted by atomic mass is 10.3. The van der Waals surface area contributed by atoms with Crippen LogP contribution in [0.5, 0.6) is 0 Å². The van der Waals surface area contributed by atoms with Crippen molar-refractivity contribution in [1.29, 1.82) is 0 Å². The summed E-state index contributed by atoms with van der Waals surface area (Å²) in [6.45, 7) is 0. The van der Waals surface area contributed by atoms with E-state index < -0.39 is 0 Å². The fourth-order valence-corrected chi connectivity index (χ4v) is 3.50. The molecule has 0 radical (unpaired) electrons. The Morgan fingerprint density at radius 2 is 2.00 bits per heavy atom. The number of aromatic nitrogens is 1. The van der Waals surface area contributed by atoms with Gasteiger partial charge in [-0.2, -0.15) is 0 Å². The lowest BCUT2D eigenvalue weighted by Gasteiger charge is -2.08. The van der Waals surface area contributed by atoms with Crippen molar-refractivity contribution in [2.24, 2.45) is 0 Å². The molecule has 0 saturated heterocycles. The first kappa shape index (κ1) is 12.8. The average Bonchev–Trinajstić information content (AvgIpc) is 2.92. The molecule has 0 amide bonds. The second-order valence-corrected chi connectivity index (χ2v) is 6.26. The van der Waals surface area contributed by atoms with Gasteiger partial charge in [0.1, 0.15) is 0 Å². The maximum absolute atomic E-state index is 5.84. The van der Waals surface area contributed by atoms with Crippen LogP contribution in [0, 0.1) is 0 Å².